The van der Waals surface area contributed by atoms with E-state index in [1.807, 2.05) is 6.08 Å². The Bertz CT molecular complexity index is 1790. The van der Waals surface area contributed by atoms with Crippen LogP contribution in [0.5, 0.6) is 0 Å². The molecule has 8 unspecified atom stereocenters. The van der Waals surface area contributed by atoms with E-state index in [0.29, 0.717) is 12.8 Å². The number of nitrogens with one attached hydrogen (secondary N) is 1. The first kappa shape index (κ1) is 81.6. The molecule has 0 saturated carbocycles. The highest BCUT2D eigenvalue weighted by Crippen LogP contribution is 2.26. The fourth-order valence-corrected chi connectivity index (χ4v) is 10.8. The van der Waals surface area contributed by atoms with Crippen LogP contribution in [0.1, 0.15) is 310 Å². The molecule has 0 radical (unpaired) electrons. The third-order valence-corrected chi connectivity index (χ3v) is 16.5. The molecule has 0 aromatic rings. The predicted octanol–water partition coefficient (Wildman–Crippen LogP) is 18.6. The van der Waals surface area contributed by atoms with Crippen LogP contribution < -0.4 is 5.32 Å². The Hall–Kier alpha value is -3.42. The van der Waals surface area contributed by atoms with Crippen molar-refractivity contribution in [3.8, 4) is 0 Å². The highest BCUT2D eigenvalue weighted by atomic mass is 16.7. The highest BCUT2D eigenvalue weighted by Gasteiger charge is 2.47. The summed E-state index contributed by atoms with van der Waals surface area (Å²) in [6.07, 6.45) is 74.4. The minimum Gasteiger partial charge on any atom is -0.454 e. The third kappa shape index (κ3) is 50.0. The number of amides is 1. The first-order valence-corrected chi connectivity index (χ1v) is 36.0. The second-order valence-electron chi connectivity index (χ2n) is 24.6. The molecule has 502 valence electrons. The van der Waals surface area contributed by atoms with Gasteiger partial charge in [-0.25, -0.2) is 0 Å². The Kier molecular flexibility index (Phi) is 58.9. The zero-order chi connectivity index (χ0) is 63.1. The second-order valence-corrected chi connectivity index (χ2v) is 24.6. The summed E-state index contributed by atoms with van der Waals surface area (Å²) < 4.78 is 17.7. The molecule has 0 aromatic heterocycles. The van der Waals surface area contributed by atoms with Crippen molar-refractivity contribution < 1.29 is 49.3 Å². The van der Waals surface area contributed by atoms with E-state index in [4.69, 9.17) is 14.2 Å². The van der Waals surface area contributed by atoms with Crippen LogP contribution in [0.3, 0.4) is 0 Å². The summed E-state index contributed by atoms with van der Waals surface area (Å²) in [6, 6.07) is -1.04. The molecule has 1 amide bonds. The summed E-state index contributed by atoms with van der Waals surface area (Å²) in [5, 5.41) is 57.3. The van der Waals surface area contributed by atoms with Gasteiger partial charge in [-0.05, 0) is 103 Å². The Labute approximate surface area is 533 Å². The number of carbonyl (C=O) groups is 2. The first-order chi connectivity index (χ1) is 42.7. The monoisotopic (exact) mass is 1220 g/mol. The largest absolute Gasteiger partial charge is 0.454 e. The lowest BCUT2D eigenvalue weighted by Crippen LogP contribution is -2.61. The van der Waals surface area contributed by atoms with E-state index in [0.717, 1.165) is 116 Å². The average molecular weight is 1220 g/mol. The van der Waals surface area contributed by atoms with Crippen LogP contribution in [0.4, 0.5) is 0 Å². The fourth-order valence-electron chi connectivity index (χ4n) is 10.8. The maximum absolute atomic E-state index is 13.5. The average Bonchev–Trinajstić information content (AvgIpc) is 2.25. The zero-order valence-corrected chi connectivity index (χ0v) is 55.9. The van der Waals surface area contributed by atoms with E-state index in [9.17, 15) is 35.1 Å². The topological polar surface area (TPSA) is 175 Å². The van der Waals surface area contributed by atoms with Gasteiger partial charge >= 0.3 is 5.97 Å². The molecule has 1 aliphatic rings. The van der Waals surface area contributed by atoms with Crippen LogP contribution in [0.25, 0.3) is 0 Å². The van der Waals surface area contributed by atoms with Gasteiger partial charge in [0.25, 0.3) is 0 Å². The Morgan fingerprint density at radius 3 is 1.26 bits per heavy atom. The van der Waals surface area contributed by atoms with E-state index >= 15 is 0 Å². The van der Waals surface area contributed by atoms with Crippen LogP contribution in [0.2, 0.25) is 0 Å². The highest BCUT2D eigenvalue weighted by molar-refractivity contribution is 5.80. The molecule has 0 aliphatic carbocycles. The molecular weight excluding hydrogens is 1090 g/mol. The van der Waals surface area contributed by atoms with Crippen molar-refractivity contribution in [2.75, 3.05) is 13.2 Å². The number of carbonyl (C=O) groups excluding carboxylic acids is 2. The van der Waals surface area contributed by atoms with Crippen molar-refractivity contribution >= 4 is 11.9 Å². The van der Waals surface area contributed by atoms with E-state index in [-0.39, 0.29) is 19.4 Å². The number of unbranched alkanes of at least 4 members (excludes halogenated alkanes) is 33. The van der Waals surface area contributed by atoms with Crippen molar-refractivity contribution in [3.63, 3.8) is 0 Å². The van der Waals surface area contributed by atoms with Crippen LogP contribution >= 0.6 is 0 Å². The van der Waals surface area contributed by atoms with E-state index < -0.39 is 67.4 Å². The molecule has 11 nitrogen and oxygen atoms in total. The Morgan fingerprint density at radius 2 is 0.828 bits per heavy atom. The van der Waals surface area contributed by atoms with Gasteiger partial charge in [0.15, 0.2) is 12.4 Å². The molecule has 0 spiro atoms. The number of rotatable bonds is 61. The number of esters is 1. The lowest BCUT2D eigenvalue weighted by atomic mass is 9.99. The van der Waals surface area contributed by atoms with Gasteiger partial charge in [0.1, 0.15) is 24.4 Å². The van der Waals surface area contributed by atoms with E-state index in [2.05, 4.69) is 111 Å². The molecule has 1 saturated heterocycles. The number of aliphatic hydroxyl groups excluding tert-OH is 5. The van der Waals surface area contributed by atoms with Gasteiger partial charge < -0.3 is 45.1 Å². The smallest absolute Gasteiger partial charge is 0.306 e. The molecule has 1 fully saturated rings. The van der Waals surface area contributed by atoms with Crippen molar-refractivity contribution in [1.82, 2.24) is 5.32 Å². The van der Waals surface area contributed by atoms with Gasteiger partial charge in [0.05, 0.1) is 25.4 Å². The molecule has 8 atom stereocenters. The predicted molar refractivity (Wildman–Crippen MR) is 365 cm³/mol. The summed E-state index contributed by atoms with van der Waals surface area (Å²) in [5.41, 5.74) is 0. The lowest BCUT2D eigenvalue weighted by molar-refractivity contribution is -0.305. The molecular formula is C76H133NO10. The van der Waals surface area contributed by atoms with Gasteiger partial charge in [0, 0.05) is 6.42 Å². The number of hydrogen-bond acceptors (Lipinski definition) is 10. The van der Waals surface area contributed by atoms with E-state index in [1.54, 1.807) is 6.08 Å². The summed E-state index contributed by atoms with van der Waals surface area (Å²) in [5.74, 6) is -1.20. The fraction of sp³-hybridized carbons (Fsp3) is 0.763. The van der Waals surface area contributed by atoms with Crippen molar-refractivity contribution in [2.24, 2.45) is 0 Å². The van der Waals surface area contributed by atoms with Gasteiger partial charge in [-0.15, -0.1) is 0 Å². The van der Waals surface area contributed by atoms with Crippen molar-refractivity contribution in [2.45, 2.75) is 359 Å². The summed E-state index contributed by atoms with van der Waals surface area (Å²) in [4.78, 5) is 26.7. The normalized spacial score (nSPS) is 18.8. The van der Waals surface area contributed by atoms with Crippen LogP contribution in [-0.2, 0) is 23.8 Å². The van der Waals surface area contributed by atoms with Crippen molar-refractivity contribution in [3.05, 3.63) is 97.2 Å². The number of aliphatic hydroxyl groups is 5. The molecule has 1 heterocycles. The SMILES string of the molecule is CC/C=C\C/C=C\C/C=C\C/C=C\C/C=C\CCCCCCCCC(O)C(=O)NC(COC1OC(CO)C(O)C(O)C1OC(=O)CCCCCCCCCCCCCCC/C=C\C/C=C\CCCCC)C(O)/C=C/CCCCCCCCCCCCC. The van der Waals surface area contributed by atoms with Gasteiger partial charge in [-0.1, -0.05) is 298 Å². The quantitative estimate of drug-likeness (QED) is 0.0195. The maximum Gasteiger partial charge on any atom is 0.306 e. The number of hydrogen-bond donors (Lipinski definition) is 6. The Morgan fingerprint density at radius 1 is 0.460 bits per heavy atom. The molecule has 6 N–H and O–H groups in total. The Balaban J connectivity index is 2.60. The number of allylic oxidation sites excluding steroid dienone is 15. The van der Waals surface area contributed by atoms with Crippen LogP contribution in [0, 0.1) is 0 Å². The lowest BCUT2D eigenvalue weighted by Gasteiger charge is -2.41. The molecule has 11 heteroatoms. The number of ether oxygens (including phenoxy) is 3. The first-order valence-electron chi connectivity index (χ1n) is 36.0. The van der Waals surface area contributed by atoms with E-state index in [1.165, 1.54) is 148 Å². The molecule has 1 aliphatic heterocycles. The third-order valence-electron chi connectivity index (χ3n) is 16.5. The molecule has 87 heavy (non-hydrogen) atoms. The molecule has 1 rings (SSSR count). The van der Waals surface area contributed by atoms with Gasteiger partial charge in [-0.2, -0.15) is 0 Å². The molecule has 0 bridgehead atoms. The zero-order valence-electron chi connectivity index (χ0n) is 55.9. The minimum absolute atomic E-state index is 0.118. The summed E-state index contributed by atoms with van der Waals surface area (Å²) in [6.45, 7) is 5.68. The second kappa shape index (κ2) is 62.8. The molecule has 0 aromatic carbocycles. The van der Waals surface area contributed by atoms with Gasteiger partial charge in [0.2, 0.25) is 5.91 Å². The standard InChI is InChI=1S/C76H133NO10/c1-4-7-10-13-16-19-22-25-27-29-31-33-35-37-39-41-43-46-49-52-55-58-61-64-71(81)87-74-73(83)72(82)70(65-78)86-76(74)85-66-67(68(79)62-59-56-53-50-47-44-24-21-18-15-12-9-6-3)77-75(84)69(80)63-60-57-54-51-48-45-42-40-38-36-34-32-30-28-26-23-20-17-14-11-8-5-2/h8,11,16-17,19-20,25-28,32,34,38,40,59,62,67-70,72-74,76,78-80,82-83H,4-7,9-10,12-15,18,21-24,29-31,33,35-37,39,41-58,60-61,63-66H2,1-3H3,(H,77,84)/b11-8-,19-16-,20-17-,27-25-,28-26-,34-32-,40-38-,62-59+. The van der Waals surface area contributed by atoms with Crippen LogP contribution in [-0.4, -0.2) is 99.6 Å². The van der Waals surface area contributed by atoms with Crippen molar-refractivity contribution in [1.29, 1.82) is 0 Å². The summed E-state index contributed by atoms with van der Waals surface area (Å²) in [7, 11) is 0. The minimum atomic E-state index is -1.62. The summed E-state index contributed by atoms with van der Waals surface area (Å²) >= 11 is 0. The van der Waals surface area contributed by atoms with Crippen LogP contribution in [0.15, 0.2) is 97.2 Å². The maximum atomic E-state index is 13.5. The van der Waals surface area contributed by atoms with Gasteiger partial charge in [-0.3, -0.25) is 9.59 Å².